The van der Waals surface area contributed by atoms with Crippen molar-refractivity contribution in [3.8, 4) is 22.8 Å². The van der Waals surface area contributed by atoms with Gasteiger partial charge in [-0.15, -0.1) is 5.10 Å². The lowest BCUT2D eigenvalue weighted by Crippen LogP contribution is -2.11. The van der Waals surface area contributed by atoms with Gasteiger partial charge in [-0.1, -0.05) is 91.0 Å². The summed E-state index contributed by atoms with van der Waals surface area (Å²) in [6, 6.07) is 28.9. The summed E-state index contributed by atoms with van der Waals surface area (Å²) in [6.45, 7) is 0. The van der Waals surface area contributed by atoms with E-state index in [0.29, 0.717) is 11.6 Å². The first kappa shape index (κ1) is 16.7. The molecule has 4 nitrogen and oxygen atoms in total. The van der Waals surface area contributed by atoms with E-state index < -0.39 is 0 Å². The Kier molecular flexibility index (Phi) is 4.70. The lowest BCUT2D eigenvalue weighted by Gasteiger charge is -2.01. The van der Waals surface area contributed by atoms with Gasteiger partial charge in [0.25, 0.3) is 5.91 Å². The van der Waals surface area contributed by atoms with Crippen molar-refractivity contribution in [2.45, 2.75) is 0 Å². The lowest BCUT2D eigenvalue weighted by atomic mass is 10.2. The van der Waals surface area contributed by atoms with Crippen LogP contribution in [0.4, 0.5) is 0 Å². The Balaban J connectivity index is 1.75. The molecule has 0 spiro atoms. The monoisotopic (exact) mass is 351 g/mol. The van der Waals surface area contributed by atoms with Crippen molar-refractivity contribution in [2.24, 2.45) is 0 Å². The predicted octanol–water partition coefficient (Wildman–Crippen LogP) is 4.97. The van der Waals surface area contributed by atoms with Crippen LogP contribution in [0.25, 0.3) is 28.9 Å². The van der Waals surface area contributed by atoms with Gasteiger partial charge in [0.15, 0.2) is 11.6 Å². The molecule has 0 amide bonds. The topological polar surface area (TPSA) is 47.8 Å². The maximum absolute atomic E-state index is 12.8. The van der Waals surface area contributed by atoms with Gasteiger partial charge in [0.1, 0.15) is 0 Å². The molecule has 0 atom stereocenters. The molecule has 4 rings (SSSR count). The molecule has 0 aliphatic heterocycles. The quantitative estimate of drug-likeness (QED) is 0.488. The van der Waals surface area contributed by atoms with Crippen LogP contribution in [-0.4, -0.2) is 20.7 Å². The van der Waals surface area contributed by atoms with Crippen LogP contribution >= 0.6 is 0 Å². The highest BCUT2D eigenvalue weighted by Crippen LogP contribution is 2.22. The SMILES string of the molecule is O=C(/C=C/c1ccccc1)n1nc(-c2ccccc2)nc1-c1ccccc1. The smallest absolute Gasteiger partial charge is 0.267 e. The molecule has 0 fully saturated rings. The largest absolute Gasteiger partial charge is 0.272 e. The molecule has 4 heteroatoms. The predicted molar refractivity (Wildman–Crippen MR) is 107 cm³/mol. The van der Waals surface area contributed by atoms with Gasteiger partial charge in [-0.25, -0.2) is 4.98 Å². The van der Waals surface area contributed by atoms with E-state index in [2.05, 4.69) is 10.1 Å². The van der Waals surface area contributed by atoms with Gasteiger partial charge in [-0.05, 0) is 11.6 Å². The van der Waals surface area contributed by atoms with Crippen molar-refractivity contribution in [3.63, 3.8) is 0 Å². The van der Waals surface area contributed by atoms with Crippen molar-refractivity contribution >= 4 is 12.0 Å². The molecule has 0 saturated carbocycles. The normalized spacial score (nSPS) is 11.0. The molecule has 0 N–H and O–H groups in total. The molecule has 0 radical (unpaired) electrons. The van der Waals surface area contributed by atoms with Gasteiger partial charge in [0.05, 0.1) is 0 Å². The van der Waals surface area contributed by atoms with Gasteiger partial charge in [-0.2, -0.15) is 4.68 Å². The second-order valence-electron chi connectivity index (χ2n) is 5.99. The first-order valence-electron chi connectivity index (χ1n) is 8.66. The van der Waals surface area contributed by atoms with E-state index in [4.69, 9.17) is 0 Å². The zero-order valence-electron chi connectivity index (χ0n) is 14.6. The molecular weight excluding hydrogens is 334 g/mol. The summed E-state index contributed by atoms with van der Waals surface area (Å²) in [5.74, 6) is 0.806. The fourth-order valence-electron chi connectivity index (χ4n) is 2.75. The van der Waals surface area contributed by atoms with Gasteiger partial charge in [0, 0.05) is 17.2 Å². The van der Waals surface area contributed by atoms with E-state index >= 15 is 0 Å². The summed E-state index contributed by atoms with van der Waals surface area (Å²) in [5.41, 5.74) is 2.66. The van der Waals surface area contributed by atoms with Crippen LogP contribution in [0, 0.1) is 0 Å². The van der Waals surface area contributed by atoms with E-state index in [-0.39, 0.29) is 5.91 Å². The third-order valence-electron chi connectivity index (χ3n) is 4.10. The van der Waals surface area contributed by atoms with Crippen molar-refractivity contribution in [2.75, 3.05) is 0 Å². The second kappa shape index (κ2) is 7.62. The molecule has 0 aliphatic rings. The Morgan fingerprint density at radius 2 is 1.30 bits per heavy atom. The number of hydrogen-bond donors (Lipinski definition) is 0. The van der Waals surface area contributed by atoms with Gasteiger partial charge in [0.2, 0.25) is 0 Å². The molecule has 130 valence electrons. The van der Waals surface area contributed by atoms with Crippen molar-refractivity contribution in [1.82, 2.24) is 14.8 Å². The van der Waals surface area contributed by atoms with E-state index in [1.807, 2.05) is 91.0 Å². The minimum atomic E-state index is -0.243. The Labute approximate surface area is 157 Å². The first-order valence-corrected chi connectivity index (χ1v) is 8.66. The molecule has 4 aromatic rings. The second-order valence-corrected chi connectivity index (χ2v) is 5.99. The zero-order chi connectivity index (χ0) is 18.5. The highest BCUT2D eigenvalue weighted by Gasteiger charge is 2.16. The number of allylic oxidation sites excluding steroid dienone is 1. The molecule has 0 bridgehead atoms. The number of nitrogens with zero attached hydrogens (tertiary/aromatic N) is 3. The summed E-state index contributed by atoms with van der Waals surface area (Å²) in [6.07, 6.45) is 3.30. The molecule has 1 heterocycles. The summed E-state index contributed by atoms with van der Waals surface area (Å²) in [7, 11) is 0. The third kappa shape index (κ3) is 3.75. The summed E-state index contributed by atoms with van der Waals surface area (Å²) in [4.78, 5) is 17.5. The van der Waals surface area contributed by atoms with E-state index in [9.17, 15) is 4.79 Å². The minimum absolute atomic E-state index is 0.243. The van der Waals surface area contributed by atoms with Gasteiger partial charge < -0.3 is 0 Å². The van der Waals surface area contributed by atoms with Crippen LogP contribution in [0.3, 0.4) is 0 Å². The van der Waals surface area contributed by atoms with E-state index in [1.54, 1.807) is 6.08 Å². The van der Waals surface area contributed by atoms with E-state index in [1.165, 1.54) is 10.8 Å². The number of hydrogen-bond acceptors (Lipinski definition) is 3. The highest BCUT2D eigenvalue weighted by atomic mass is 16.2. The highest BCUT2D eigenvalue weighted by molar-refractivity contribution is 5.95. The van der Waals surface area contributed by atoms with Crippen molar-refractivity contribution in [3.05, 3.63) is 103 Å². The first-order chi connectivity index (χ1) is 13.3. The van der Waals surface area contributed by atoms with Gasteiger partial charge >= 0.3 is 0 Å². The van der Waals surface area contributed by atoms with E-state index in [0.717, 1.165) is 16.7 Å². The average Bonchev–Trinajstić information content (AvgIpc) is 3.20. The number of carbonyl (C=O) groups excluding carboxylic acids is 1. The minimum Gasteiger partial charge on any atom is -0.267 e. The van der Waals surface area contributed by atoms with Crippen molar-refractivity contribution < 1.29 is 4.79 Å². The summed E-state index contributed by atoms with van der Waals surface area (Å²) < 4.78 is 1.36. The molecule has 3 aromatic carbocycles. The molecule has 0 saturated heterocycles. The molecule has 0 aliphatic carbocycles. The van der Waals surface area contributed by atoms with Crippen LogP contribution < -0.4 is 0 Å². The Bertz CT molecular complexity index is 1070. The lowest BCUT2D eigenvalue weighted by molar-refractivity contribution is 0.0957. The molecule has 0 unspecified atom stereocenters. The molecular formula is C23H17N3O. The number of benzene rings is 3. The number of aromatic nitrogens is 3. The van der Waals surface area contributed by atoms with Crippen molar-refractivity contribution in [1.29, 1.82) is 0 Å². The standard InChI is InChI=1S/C23H17N3O/c27-21(17-16-18-10-4-1-5-11-18)26-23(20-14-8-3-9-15-20)24-22(25-26)19-12-6-2-7-13-19/h1-17H/b17-16+. The number of rotatable bonds is 4. The fraction of sp³-hybridized carbons (Fsp3) is 0. The average molecular weight is 351 g/mol. The van der Waals surface area contributed by atoms with Crippen LogP contribution in [0.1, 0.15) is 10.4 Å². The van der Waals surface area contributed by atoms with Crippen LogP contribution in [0.2, 0.25) is 0 Å². The van der Waals surface area contributed by atoms with Crippen LogP contribution in [-0.2, 0) is 0 Å². The van der Waals surface area contributed by atoms with Gasteiger partial charge in [-0.3, -0.25) is 4.79 Å². The fourth-order valence-corrected chi connectivity index (χ4v) is 2.75. The molecule has 27 heavy (non-hydrogen) atoms. The van der Waals surface area contributed by atoms with Crippen LogP contribution in [0.15, 0.2) is 97.1 Å². The Morgan fingerprint density at radius 1 is 0.741 bits per heavy atom. The summed E-state index contributed by atoms with van der Waals surface area (Å²) >= 11 is 0. The molecule has 1 aromatic heterocycles. The Morgan fingerprint density at radius 3 is 1.93 bits per heavy atom. The maximum atomic E-state index is 12.8. The maximum Gasteiger partial charge on any atom is 0.272 e. The van der Waals surface area contributed by atoms with Crippen LogP contribution in [0.5, 0.6) is 0 Å². The zero-order valence-corrected chi connectivity index (χ0v) is 14.6. The number of carbonyl (C=O) groups is 1. The third-order valence-corrected chi connectivity index (χ3v) is 4.10. The summed E-state index contributed by atoms with van der Waals surface area (Å²) in [5, 5.41) is 4.47. The Hall–Kier alpha value is -3.79.